The van der Waals surface area contributed by atoms with Crippen molar-refractivity contribution in [2.24, 2.45) is 10.8 Å². The van der Waals surface area contributed by atoms with Crippen LogP contribution in [0, 0.1) is 10.8 Å². The number of hydrogen-bond donors (Lipinski definition) is 0. The quantitative estimate of drug-likeness (QED) is 0.459. The molecule has 1 atom stereocenters. The van der Waals surface area contributed by atoms with E-state index in [1.807, 2.05) is 58.0 Å². The van der Waals surface area contributed by atoms with E-state index in [4.69, 9.17) is 9.47 Å². The van der Waals surface area contributed by atoms with Crippen molar-refractivity contribution in [1.82, 2.24) is 0 Å². The molecule has 0 aliphatic carbocycles. The molecule has 0 saturated carbocycles. The number of rotatable bonds is 10. The van der Waals surface area contributed by atoms with Crippen LogP contribution in [0.3, 0.4) is 0 Å². The predicted octanol–water partition coefficient (Wildman–Crippen LogP) is 3.81. The molecular formula is C22H36NO4+. The zero-order valence-corrected chi connectivity index (χ0v) is 18.0. The lowest BCUT2D eigenvalue weighted by Crippen LogP contribution is -2.41. The van der Waals surface area contributed by atoms with Gasteiger partial charge in [-0.2, -0.15) is 0 Å². The molecule has 0 saturated heterocycles. The highest BCUT2D eigenvalue weighted by molar-refractivity contribution is 5.80. The first-order chi connectivity index (χ1) is 12.4. The molecule has 0 aromatic heterocycles. The third-order valence-corrected chi connectivity index (χ3v) is 4.87. The van der Waals surface area contributed by atoms with E-state index in [0.717, 1.165) is 16.6 Å². The molecule has 0 aliphatic rings. The molecule has 0 heterocycles. The highest BCUT2D eigenvalue weighted by Crippen LogP contribution is 2.38. The predicted molar refractivity (Wildman–Crippen MR) is 107 cm³/mol. The monoisotopic (exact) mass is 378 g/mol. The first kappa shape index (κ1) is 23.2. The topological polar surface area (TPSA) is 52.6 Å². The van der Waals surface area contributed by atoms with Crippen LogP contribution in [0.15, 0.2) is 30.3 Å². The van der Waals surface area contributed by atoms with Crippen LogP contribution in [0.2, 0.25) is 0 Å². The molecule has 152 valence electrons. The highest BCUT2D eigenvalue weighted by Gasteiger charge is 2.43. The van der Waals surface area contributed by atoms with Crippen molar-refractivity contribution in [3.63, 3.8) is 0 Å². The maximum atomic E-state index is 12.7. The average molecular weight is 379 g/mol. The standard InChI is InChI=1S/C22H36NO4/c1-8-22(4,20(25)27-16-18-12-10-9-11-13-18)17-21(2,3)19(24)26-15-14-23(5,6)7/h9-13H,8,14-17H2,1-7H3/q+1. The molecule has 5 heteroatoms. The van der Waals surface area contributed by atoms with Crippen molar-refractivity contribution < 1.29 is 23.5 Å². The number of carbonyl (C=O) groups is 2. The van der Waals surface area contributed by atoms with Gasteiger partial charge in [0.15, 0.2) is 0 Å². The summed E-state index contributed by atoms with van der Waals surface area (Å²) in [6, 6.07) is 9.60. The minimum atomic E-state index is -0.762. The van der Waals surface area contributed by atoms with Crippen LogP contribution < -0.4 is 0 Å². The molecule has 0 fully saturated rings. The van der Waals surface area contributed by atoms with Gasteiger partial charge in [-0.1, -0.05) is 37.3 Å². The molecule has 0 spiro atoms. The lowest BCUT2D eigenvalue weighted by molar-refractivity contribution is -0.870. The lowest BCUT2D eigenvalue weighted by atomic mass is 9.72. The molecule has 27 heavy (non-hydrogen) atoms. The Labute approximate surface area is 164 Å². The van der Waals surface area contributed by atoms with Gasteiger partial charge in [-0.25, -0.2) is 0 Å². The largest absolute Gasteiger partial charge is 0.460 e. The third kappa shape index (κ3) is 7.71. The van der Waals surface area contributed by atoms with Crippen LogP contribution in [0.4, 0.5) is 0 Å². The van der Waals surface area contributed by atoms with Crippen molar-refractivity contribution in [1.29, 1.82) is 0 Å². The molecule has 0 bridgehead atoms. The normalized spacial score (nSPS) is 14.3. The van der Waals surface area contributed by atoms with E-state index >= 15 is 0 Å². The van der Waals surface area contributed by atoms with Gasteiger partial charge in [0.25, 0.3) is 0 Å². The second kappa shape index (κ2) is 9.36. The molecule has 5 nitrogen and oxygen atoms in total. The summed E-state index contributed by atoms with van der Waals surface area (Å²) >= 11 is 0. The summed E-state index contributed by atoms with van der Waals surface area (Å²) in [5.41, 5.74) is -0.554. The fourth-order valence-electron chi connectivity index (χ4n) is 2.89. The second-order valence-electron chi connectivity index (χ2n) is 9.19. The van der Waals surface area contributed by atoms with Crippen molar-refractivity contribution in [2.75, 3.05) is 34.3 Å². The Kier molecular flexibility index (Phi) is 8.03. The summed E-state index contributed by atoms with van der Waals surface area (Å²) in [6.45, 7) is 8.83. The summed E-state index contributed by atoms with van der Waals surface area (Å²) in [6.07, 6.45) is 0.976. The first-order valence-electron chi connectivity index (χ1n) is 9.58. The zero-order valence-electron chi connectivity index (χ0n) is 18.0. The molecule has 1 aromatic carbocycles. The summed E-state index contributed by atoms with van der Waals surface area (Å²) in [7, 11) is 6.15. The van der Waals surface area contributed by atoms with E-state index in [1.54, 1.807) is 0 Å². The number of carbonyl (C=O) groups excluding carboxylic acids is 2. The van der Waals surface area contributed by atoms with E-state index < -0.39 is 10.8 Å². The van der Waals surface area contributed by atoms with Gasteiger partial charge in [-0.05, 0) is 39.2 Å². The molecule has 1 unspecified atom stereocenters. The van der Waals surface area contributed by atoms with Crippen molar-refractivity contribution in [3.05, 3.63) is 35.9 Å². The van der Waals surface area contributed by atoms with E-state index in [9.17, 15) is 9.59 Å². The number of likely N-dealkylation sites (N-methyl/N-ethyl adjacent to an activating group) is 1. The smallest absolute Gasteiger partial charge is 0.312 e. The third-order valence-electron chi connectivity index (χ3n) is 4.87. The minimum Gasteiger partial charge on any atom is -0.460 e. The number of benzene rings is 1. The van der Waals surface area contributed by atoms with Crippen LogP contribution in [0.1, 0.15) is 46.1 Å². The Bertz CT molecular complexity index is 619. The van der Waals surface area contributed by atoms with Gasteiger partial charge < -0.3 is 14.0 Å². The average Bonchev–Trinajstić information content (AvgIpc) is 2.58. The maximum absolute atomic E-state index is 12.7. The van der Waals surface area contributed by atoms with Gasteiger partial charge in [-0.3, -0.25) is 9.59 Å². The molecule has 0 N–H and O–H groups in total. The van der Waals surface area contributed by atoms with E-state index in [-0.39, 0.29) is 18.5 Å². The van der Waals surface area contributed by atoms with Gasteiger partial charge >= 0.3 is 11.9 Å². The Morgan fingerprint density at radius 2 is 1.56 bits per heavy atom. The van der Waals surface area contributed by atoms with E-state index in [0.29, 0.717) is 19.4 Å². The summed E-state index contributed by atoms with van der Waals surface area (Å²) in [5, 5.41) is 0. The van der Waals surface area contributed by atoms with Gasteiger partial charge in [-0.15, -0.1) is 0 Å². The molecular weight excluding hydrogens is 342 g/mol. The van der Waals surface area contributed by atoms with Crippen LogP contribution in [-0.4, -0.2) is 50.7 Å². The number of nitrogens with zero attached hydrogens (tertiary/aromatic N) is 1. The summed E-state index contributed by atoms with van der Waals surface area (Å²) < 4.78 is 11.7. The molecule has 0 radical (unpaired) electrons. The minimum absolute atomic E-state index is 0.240. The van der Waals surface area contributed by atoms with Gasteiger partial charge in [0.2, 0.25) is 0 Å². The van der Waals surface area contributed by atoms with Gasteiger partial charge in [0.05, 0.1) is 32.0 Å². The lowest BCUT2D eigenvalue weighted by Gasteiger charge is -2.34. The van der Waals surface area contributed by atoms with Crippen molar-refractivity contribution in [3.8, 4) is 0 Å². The number of ether oxygens (including phenoxy) is 2. The summed E-state index contributed by atoms with van der Waals surface area (Å²) in [5.74, 6) is -0.549. The fraction of sp³-hybridized carbons (Fsp3) is 0.636. The maximum Gasteiger partial charge on any atom is 0.312 e. The van der Waals surface area contributed by atoms with Gasteiger partial charge in [0, 0.05) is 0 Å². The Hall–Kier alpha value is -1.88. The first-order valence-corrected chi connectivity index (χ1v) is 9.58. The molecule has 0 aliphatic heterocycles. The molecule has 1 aromatic rings. The van der Waals surface area contributed by atoms with E-state index in [2.05, 4.69) is 21.1 Å². The van der Waals surface area contributed by atoms with Crippen molar-refractivity contribution >= 4 is 11.9 Å². The SMILES string of the molecule is CCC(C)(CC(C)(C)C(=O)OCC[N+](C)(C)C)C(=O)OCc1ccccc1. The van der Waals surface area contributed by atoms with Crippen LogP contribution >= 0.6 is 0 Å². The molecule has 0 amide bonds. The summed E-state index contributed by atoms with van der Waals surface area (Å²) in [4.78, 5) is 25.3. The number of esters is 2. The fourth-order valence-corrected chi connectivity index (χ4v) is 2.89. The second-order valence-corrected chi connectivity index (χ2v) is 9.19. The van der Waals surface area contributed by atoms with Gasteiger partial charge in [0.1, 0.15) is 19.8 Å². The highest BCUT2D eigenvalue weighted by atomic mass is 16.5. The Morgan fingerprint density at radius 3 is 2.07 bits per heavy atom. The Balaban J connectivity index is 2.68. The Morgan fingerprint density at radius 1 is 0.963 bits per heavy atom. The van der Waals surface area contributed by atoms with Crippen molar-refractivity contribution in [2.45, 2.75) is 47.1 Å². The van der Waals surface area contributed by atoms with E-state index in [1.165, 1.54) is 0 Å². The zero-order chi connectivity index (χ0) is 20.7. The van der Waals surface area contributed by atoms with Crippen LogP contribution in [-0.2, 0) is 25.7 Å². The van der Waals surface area contributed by atoms with Crippen LogP contribution in [0.25, 0.3) is 0 Å². The number of quaternary nitrogens is 1. The molecule has 1 rings (SSSR count). The number of hydrogen-bond acceptors (Lipinski definition) is 4. The van der Waals surface area contributed by atoms with Crippen LogP contribution in [0.5, 0.6) is 0 Å².